The van der Waals surface area contributed by atoms with Crippen molar-refractivity contribution in [1.29, 1.82) is 0 Å². The van der Waals surface area contributed by atoms with Gasteiger partial charge in [-0.3, -0.25) is 0 Å². The van der Waals surface area contributed by atoms with Gasteiger partial charge in [-0.2, -0.15) is 0 Å². The Balaban J connectivity index is 2.49. The Morgan fingerprint density at radius 2 is 0.880 bits per heavy atom. The Morgan fingerprint density at radius 3 is 1.12 bits per heavy atom. The van der Waals surface area contributed by atoms with Gasteiger partial charge in [0.2, 0.25) is 0 Å². The van der Waals surface area contributed by atoms with Crippen molar-refractivity contribution in [1.82, 2.24) is 4.67 Å². The molecular formula is C22H25BrNP. The normalized spacial score (nSPS) is 13.4. The molecule has 0 radical (unpaired) electrons. The minimum atomic E-state index is -2.92. The van der Waals surface area contributed by atoms with Crippen LogP contribution in [-0.2, 0) is 0 Å². The molecule has 0 saturated carbocycles. The Kier molecular flexibility index (Phi) is 5.43. The molecule has 0 aliphatic carbocycles. The van der Waals surface area contributed by atoms with Crippen molar-refractivity contribution in [3.8, 4) is 0 Å². The van der Waals surface area contributed by atoms with Crippen LogP contribution < -0.4 is 15.9 Å². The number of hydrogen-bond acceptors (Lipinski definition) is 1. The molecule has 3 aromatic carbocycles. The van der Waals surface area contributed by atoms with Gasteiger partial charge in [-0.25, -0.2) is 0 Å². The van der Waals surface area contributed by atoms with E-state index in [1.54, 1.807) is 0 Å². The van der Waals surface area contributed by atoms with E-state index in [0.717, 1.165) is 13.1 Å². The minimum absolute atomic E-state index is 0.970. The van der Waals surface area contributed by atoms with Gasteiger partial charge in [0.15, 0.2) is 0 Å². The molecule has 0 aliphatic heterocycles. The summed E-state index contributed by atoms with van der Waals surface area (Å²) in [6.45, 7) is 6.44. The Bertz CT molecular complexity index is 702. The molecule has 0 unspecified atom stereocenters. The molecule has 0 heterocycles. The van der Waals surface area contributed by atoms with Crippen LogP contribution in [0.1, 0.15) is 13.8 Å². The zero-order valence-corrected chi connectivity index (χ0v) is 17.3. The van der Waals surface area contributed by atoms with E-state index in [1.807, 2.05) is 0 Å². The molecule has 0 atom stereocenters. The van der Waals surface area contributed by atoms with E-state index in [4.69, 9.17) is 0 Å². The number of nitrogens with zero attached hydrogens (tertiary/aromatic N) is 1. The van der Waals surface area contributed by atoms with Crippen molar-refractivity contribution in [3.63, 3.8) is 0 Å². The topological polar surface area (TPSA) is 3.24 Å². The molecule has 1 nitrogen and oxygen atoms in total. The average Bonchev–Trinajstić information content (AvgIpc) is 2.71. The van der Waals surface area contributed by atoms with Gasteiger partial charge < -0.3 is 0 Å². The van der Waals surface area contributed by atoms with E-state index < -0.39 is 5.46 Å². The molecule has 3 heteroatoms. The molecular weight excluding hydrogens is 389 g/mol. The summed E-state index contributed by atoms with van der Waals surface area (Å²) in [6.07, 6.45) is 0. The molecule has 0 aliphatic rings. The summed E-state index contributed by atoms with van der Waals surface area (Å²) in [5.74, 6) is 0. The molecule has 0 fully saturated rings. The van der Waals surface area contributed by atoms with Crippen molar-refractivity contribution >= 4 is 36.9 Å². The zero-order chi connectivity index (χ0) is 17.8. The van der Waals surface area contributed by atoms with Crippen molar-refractivity contribution in [3.05, 3.63) is 91.0 Å². The van der Waals surface area contributed by atoms with Gasteiger partial charge in [0.05, 0.1) is 0 Å². The van der Waals surface area contributed by atoms with Crippen LogP contribution in [0.3, 0.4) is 0 Å². The third kappa shape index (κ3) is 2.77. The fourth-order valence-electron chi connectivity index (χ4n) is 3.79. The summed E-state index contributed by atoms with van der Waals surface area (Å²) in [5, 5.41) is 4.03. The van der Waals surface area contributed by atoms with Crippen LogP contribution in [0, 0.1) is 0 Å². The first-order valence-corrected chi connectivity index (χ1v) is 13.0. The van der Waals surface area contributed by atoms with Crippen LogP contribution in [0.25, 0.3) is 0 Å². The maximum atomic E-state index is 4.46. The number of rotatable bonds is 6. The SMILES string of the molecule is CCN(CC)P(Br)(c1ccccc1)(c1ccccc1)c1ccccc1. The first kappa shape index (κ1) is 18.3. The summed E-state index contributed by atoms with van der Waals surface area (Å²) < 4.78 is 2.62. The van der Waals surface area contributed by atoms with Crippen molar-refractivity contribution in [2.75, 3.05) is 13.1 Å². The van der Waals surface area contributed by atoms with Crippen molar-refractivity contribution in [2.45, 2.75) is 13.8 Å². The molecule has 3 rings (SSSR count). The molecule has 0 saturated heterocycles. The summed E-state index contributed by atoms with van der Waals surface area (Å²) in [4.78, 5) is 0. The predicted octanol–water partition coefficient (Wildman–Crippen LogP) is 5.08. The zero-order valence-electron chi connectivity index (χ0n) is 14.8. The predicted molar refractivity (Wildman–Crippen MR) is 117 cm³/mol. The van der Waals surface area contributed by atoms with E-state index in [2.05, 4.69) is 125 Å². The van der Waals surface area contributed by atoms with Crippen LogP contribution in [-0.4, -0.2) is 17.8 Å². The Morgan fingerprint density at radius 1 is 0.600 bits per heavy atom. The van der Waals surface area contributed by atoms with Crippen LogP contribution in [0.15, 0.2) is 91.0 Å². The van der Waals surface area contributed by atoms with E-state index in [9.17, 15) is 0 Å². The van der Waals surface area contributed by atoms with Gasteiger partial charge in [-0.15, -0.1) is 0 Å². The van der Waals surface area contributed by atoms with E-state index in [-0.39, 0.29) is 0 Å². The van der Waals surface area contributed by atoms with Gasteiger partial charge in [-0.1, -0.05) is 0 Å². The maximum absolute atomic E-state index is 4.46. The fourth-order valence-corrected chi connectivity index (χ4v) is 12.4. The number of halogens is 1. The Hall–Kier alpha value is -1.47. The first-order chi connectivity index (χ1) is 12.2. The van der Waals surface area contributed by atoms with Gasteiger partial charge in [0.25, 0.3) is 0 Å². The fraction of sp³-hybridized carbons (Fsp3) is 0.182. The summed E-state index contributed by atoms with van der Waals surface area (Å²) in [6, 6.07) is 32.8. The average molecular weight is 414 g/mol. The number of benzene rings is 3. The monoisotopic (exact) mass is 413 g/mol. The standard InChI is InChI=1S/C22H25BrNP/c1-3-24(4-2)25(23,20-14-8-5-9-15-20,21-16-10-6-11-17-21)22-18-12-7-13-19-22/h5-19H,3-4H2,1-2H3. The van der Waals surface area contributed by atoms with Gasteiger partial charge in [0.1, 0.15) is 0 Å². The van der Waals surface area contributed by atoms with Gasteiger partial charge in [-0.05, 0) is 0 Å². The van der Waals surface area contributed by atoms with Gasteiger partial charge >= 0.3 is 159 Å². The molecule has 0 spiro atoms. The molecule has 25 heavy (non-hydrogen) atoms. The van der Waals surface area contributed by atoms with E-state index >= 15 is 0 Å². The summed E-state index contributed by atoms with van der Waals surface area (Å²) in [7, 11) is 0. The molecule has 3 aromatic rings. The first-order valence-electron chi connectivity index (χ1n) is 8.82. The second-order valence-electron chi connectivity index (χ2n) is 6.11. The van der Waals surface area contributed by atoms with Crippen molar-refractivity contribution < 1.29 is 0 Å². The summed E-state index contributed by atoms with van der Waals surface area (Å²) in [5.41, 5.74) is -2.92. The summed E-state index contributed by atoms with van der Waals surface area (Å²) >= 11 is 4.46. The van der Waals surface area contributed by atoms with E-state index in [1.165, 1.54) is 15.9 Å². The van der Waals surface area contributed by atoms with Crippen molar-refractivity contribution in [2.24, 2.45) is 0 Å². The molecule has 0 amide bonds. The molecule has 130 valence electrons. The number of hydrogen-bond donors (Lipinski definition) is 0. The van der Waals surface area contributed by atoms with Crippen LogP contribution >= 0.6 is 20.9 Å². The van der Waals surface area contributed by atoms with Gasteiger partial charge in [0, 0.05) is 0 Å². The Labute approximate surface area is 159 Å². The molecule has 0 aromatic heterocycles. The molecule has 0 N–H and O–H groups in total. The third-order valence-electron chi connectivity index (χ3n) is 4.94. The third-order valence-corrected chi connectivity index (χ3v) is 15.3. The second kappa shape index (κ2) is 7.41. The molecule has 0 bridgehead atoms. The van der Waals surface area contributed by atoms with Crippen LogP contribution in [0.2, 0.25) is 0 Å². The van der Waals surface area contributed by atoms with E-state index in [0.29, 0.717) is 0 Å². The van der Waals surface area contributed by atoms with Crippen LogP contribution in [0.5, 0.6) is 0 Å². The van der Waals surface area contributed by atoms with Crippen LogP contribution in [0.4, 0.5) is 0 Å². The second-order valence-corrected chi connectivity index (χ2v) is 14.3. The quantitative estimate of drug-likeness (QED) is 0.509.